The molecule has 1 aromatic heterocycles. The predicted octanol–water partition coefficient (Wildman–Crippen LogP) is 5.82. The normalized spacial score (nSPS) is 10.8. The van der Waals surface area contributed by atoms with E-state index in [1.54, 1.807) is 6.20 Å². The van der Waals surface area contributed by atoms with Crippen LogP contribution in [-0.2, 0) is 28.8 Å². The Labute approximate surface area is 192 Å². The Kier molecular flexibility index (Phi) is 7.03. The van der Waals surface area contributed by atoms with Gasteiger partial charge in [0.1, 0.15) is 5.75 Å². The van der Waals surface area contributed by atoms with Gasteiger partial charge >= 0.3 is 5.97 Å². The summed E-state index contributed by atoms with van der Waals surface area (Å²) >= 11 is 5.93. The fraction of sp³-hybridized carbons (Fsp3) is 0.185. The maximum atomic E-state index is 11.7. The maximum Gasteiger partial charge on any atom is 0.310 e. The van der Waals surface area contributed by atoms with Crippen molar-refractivity contribution in [3.63, 3.8) is 0 Å². The Morgan fingerprint density at radius 3 is 2.31 bits per heavy atom. The summed E-state index contributed by atoms with van der Waals surface area (Å²) in [5.41, 5.74) is 4.19. The monoisotopic (exact) mass is 445 g/mol. The number of methoxy groups -OCH3 is 1. The van der Waals surface area contributed by atoms with E-state index in [0.717, 1.165) is 44.8 Å². The van der Waals surface area contributed by atoms with Crippen LogP contribution in [-0.4, -0.2) is 24.7 Å². The molecule has 3 aromatic carbocycles. The maximum absolute atomic E-state index is 11.7. The Morgan fingerprint density at radius 1 is 0.906 bits per heavy atom. The molecule has 162 valence electrons. The van der Waals surface area contributed by atoms with Crippen LogP contribution in [0.4, 0.5) is 0 Å². The topological polar surface area (TPSA) is 48.4 Å². The summed E-state index contributed by atoms with van der Waals surface area (Å²) in [6, 6.07) is 24.0. The zero-order valence-corrected chi connectivity index (χ0v) is 18.6. The van der Waals surface area contributed by atoms with Gasteiger partial charge in [0, 0.05) is 29.4 Å². The van der Waals surface area contributed by atoms with Crippen molar-refractivity contribution in [2.75, 3.05) is 13.7 Å². The molecule has 4 nitrogen and oxygen atoms in total. The number of ether oxygens (including phenoxy) is 2. The molecule has 0 aliphatic heterocycles. The average Bonchev–Trinajstić information content (AvgIpc) is 2.83. The molecule has 0 atom stereocenters. The third-order valence-corrected chi connectivity index (χ3v) is 5.64. The second-order valence-electron chi connectivity index (χ2n) is 7.57. The Balaban J connectivity index is 1.42. The lowest BCUT2D eigenvalue weighted by atomic mass is 9.99. The van der Waals surface area contributed by atoms with Gasteiger partial charge in [0.15, 0.2) is 0 Å². The summed E-state index contributed by atoms with van der Waals surface area (Å²) < 4.78 is 10.7. The number of esters is 1. The number of carbonyl (C=O) groups excluding carboxylic acids is 1. The minimum Gasteiger partial charge on any atom is -0.493 e. The second kappa shape index (κ2) is 10.3. The minimum absolute atomic E-state index is 0.215. The van der Waals surface area contributed by atoms with E-state index in [1.165, 1.54) is 12.7 Å². The molecule has 0 saturated carbocycles. The zero-order chi connectivity index (χ0) is 22.3. The van der Waals surface area contributed by atoms with Crippen molar-refractivity contribution in [2.45, 2.75) is 19.3 Å². The van der Waals surface area contributed by atoms with Gasteiger partial charge in [-0.25, -0.2) is 0 Å². The predicted molar refractivity (Wildman–Crippen MR) is 127 cm³/mol. The van der Waals surface area contributed by atoms with Crippen molar-refractivity contribution in [2.24, 2.45) is 0 Å². The summed E-state index contributed by atoms with van der Waals surface area (Å²) in [5.74, 6) is 0.574. The molecule has 0 bridgehead atoms. The van der Waals surface area contributed by atoms with E-state index in [1.807, 2.05) is 60.7 Å². The molecule has 0 unspecified atom stereocenters. The average molecular weight is 446 g/mol. The van der Waals surface area contributed by atoms with Gasteiger partial charge in [-0.2, -0.15) is 0 Å². The number of pyridine rings is 1. The van der Waals surface area contributed by atoms with Gasteiger partial charge in [-0.15, -0.1) is 0 Å². The van der Waals surface area contributed by atoms with E-state index >= 15 is 0 Å². The number of hydrogen-bond acceptors (Lipinski definition) is 4. The van der Waals surface area contributed by atoms with Gasteiger partial charge in [-0.3, -0.25) is 9.78 Å². The minimum atomic E-state index is -0.267. The largest absolute Gasteiger partial charge is 0.493 e. The van der Waals surface area contributed by atoms with Gasteiger partial charge in [0.2, 0.25) is 0 Å². The van der Waals surface area contributed by atoms with Gasteiger partial charge < -0.3 is 9.47 Å². The first-order valence-corrected chi connectivity index (χ1v) is 10.9. The highest BCUT2D eigenvalue weighted by atomic mass is 35.5. The SMILES string of the molecule is COC(=O)Cc1cnc(Cc2ccc(OCCc3ccc(Cl)cc3)cc2)c2ccccc12. The lowest BCUT2D eigenvalue weighted by molar-refractivity contribution is -0.139. The van der Waals surface area contributed by atoms with Crippen molar-refractivity contribution >= 4 is 28.3 Å². The van der Waals surface area contributed by atoms with E-state index < -0.39 is 0 Å². The molecule has 0 fully saturated rings. The number of aromatic nitrogens is 1. The molecule has 4 aromatic rings. The van der Waals surface area contributed by atoms with Crippen molar-refractivity contribution in [3.8, 4) is 5.75 Å². The summed E-state index contributed by atoms with van der Waals surface area (Å²) in [5, 5.41) is 2.83. The fourth-order valence-electron chi connectivity index (χ4n) is 3.65. The van der Waals surface area contributed by atoms with Crippen LogP contribution >= 0.6 is 11.6 Å². The van der Waals surface area contributed by atoms with Gasteiger partial charge in [0.25, 0.3) is 0 Å². The van der Waals surface area contributed by atoms with Crippen LogP contribution in [0, 0.1) is 0 Å². The number of fused-ring (bicyclic) bond motifs is 1. The van der Waals surface area contributed by atoms with E-state index in [-0.39, 0.29) is 12.4 Å². The lowest BCUT2D eigenvalue weighted by Gasteiger charge is -2.11. The third-order valence-electron chi connectivity index (χ3n) is 5.39. The number of nitrogens with zero attached hydrogens (tertiary/aromatic N) is 1. The Hall–Kier alpha value is -3.37. The number of benzene rings is 3. The number of halogens is 1. The molecule has 0 aliphatic carbocycles. The molecule has 0 radical (unpaired) electrons. The highest BCUT2D eigenvalue weighted by Gasteiger charge is 2.11. The van der Waals surface area contributed by atoms with Crippen LogP contribution in [0.3, 0.4) is 0 Å². The number of hydrogen-bond donors (Lipinski definition) is 0. The van der Waals surface area contributed by atoms with E-state index in [9.17, 15) is 4.79 Å². The second-order valence-corrected chi connectivity index (χ2v) is 8.01. The molecule has 0 amide bonds. The van der Waals surface area contributed by atoms with Crippen LogP contribution < -0.4 is 4.74 Å². The standard InChI is InChI=1S/C27H24ClNO3/c1-31-27(30)17-21-18-29-26(25-5-3-2-4-24(21)25)16-20-8-12-23(13-9-20)32-15-14-19-6-10-22(28)11-7-19/h2-13,18H,14-17H2,1H3. The summed E-state index contributed by atoms with van der Waals surface area (Å²) in [6.07, 6.45) is 3.52. The molecule has 5 heteroatoms. The zero-order valence-electron chi connectivity index (χ0n) is 17.9. The number of rotatable bonds is 8. The highest BCUT2D eigenvalue weighted by Crippen LogP contribution is 2.24. The third kappa shape index (κ3) is 5.45. The molecule has 32 heavy (non-hydrogen) atoms. The van der Waals surface area contributed by atoms with Gasteiger partial charge in [0.05, 0.1) is 25.8 Å². The van der Waals surface area contributed by atoms with Gasteiger partial charge in [-0.1, -0.05) is 60.1 Å². The summed E-state index contributed by atoms with van der Waals surface area (Å²) in [7, 11) is 1.40. The lowest BCUT2D eigenvalue weighted by Crippen LogP contribution is -2.06. The van der Waals surface area contributed by atoms with E-state index in [0.29, 0.717) is 13.0 Å². The van der Waals surface area contributed by atoms with Crippen LogP contribution in [0.1, 0.15) is 22.4 Å². The van der Waals surface area contributed by atoms with E-state index in [2.05, 4.69) is 17.1 Å². The Morgan fingerprint density at radius 2 is 1.59 bits per heavy atom. The van der Waals surface area contributed by atoms with Crippen LogP contribution in [0.15, 0.2) is 79.0 Å². The molecule has 0 aliphatic rings. The smallest absolute Gasteiger partial charge is 0.310 e. The van der Waals surface area contributed by atoms with Crippen LogP contribution in [0.5, 0.6) is 5.75 Å². The van der Waals surface area contributed by atoms with Crippen LogP contribution in [0.2, 0.25) is 5.02 Å². The Bertz CT molecular complexity index is 1200. The van der Waals surface area contributed by atoms with Crippen molar-refractivity contribution in [3.05, 3.63) is 106 Å². The first-order chi connectivity index (χ1) is 15.6. The molecule has 1 heterocycles. The van der Waals surface area contributed by atoms with Crippen molar-refractivity contribution in [1.29, 1.82) is 0 Å². The fourth-order valence-corrected chi connectivity index (χ4v) is 3.78. The van der Waals surface area contributed by atoms with Crippen molar-refractivity contribution in [1.82, 2.24) is 4.98 Å². The molecule has 4 rings (SSSR count). The highest BCUT2D eigenvalue weighted by molar-refractivity contribution is 6.30. The van der Waals surface area contributed by atoms with Crippen LogP contribution in [0.25, 0.3) is 10.8 Å². The molecular formula is C27H24ClNO3. The first-order valence-electron chi connectivity index (χ1n) is 10.5. The molecule has 0 saturated heterocycles. The molecule has 0 N–H and O–H groups in total. The van der Waals surface area contributed by atoms with Crippen molar-refractivity contribution < 1.29 is 14.3 Å². The van der Waals surface area contributed by atoms with Gasteiger partial charge in [-0.05, 0) is 46.3 Å². The first kappa shape index (κ1) is 21.8. The van der Waals surface area contributed by atoms with E-state index in [4.69, 9.17) is 21.1 Å². The molecular weight excluding hydrogens is 422 g/mol. The summed E-state index contributed by atoms with van der Waals surface area (Å²) in [6.45, 7) is 0.606. The number of carbonyl (C=O) groups is 1. The summed E-state index contributed by atoms with van der Waals surface area (Å²) in [4.78, 5) is 16.4. The quantitative estimate of drug-likeness (QED) is 0.321. The molecule has 0 spiro atoms.